The highest BCUT2D eigenvalue weighted by Crippen LogP contribution is 2.54. The van der Waals surface area contributed by atoms with E-state index in [1.165, 1.54) is 0 Å². The molecule has 3 nitrogen and oxygen atoms in total. The minimum Gasteiger partial charge on any atom is -0.208 e. The fourth-order valence-electron chi connectivity index (χ4n) is 0.0593. The summed E-state index contributed by atoms with van der Waals surface area (Å²) in [5.41, 5.74) is 0. The van der Waals surface area contributed by atoms with Crippen LogP contribution in [0.5, 0.6) is 0 Å². The van der Waals surface area contributed by atoms with E-state index in [4.69, 9.17) is 0 Å². The summed E-state index contributed by atoms with van der Waals surface area (Å²) in [5.74, 6) is 0. The van der Waals surface area contributed by atoms with E-state index in [9.17, 15) is 11.7 Å². The highest BCUT2D eigenvalue weighted by molar-refractivity contribution is 8.16. The summed E-state index contributed by atoms with van der Waals surface area (Å²) in [6, 6.07) is 0. The van der Waals surface area contributed by atoms with Crippen LogP contribution in [0.4, 0.5) is 11.7 Å². The van der Waals surface area contributed by atoms with Crippen molar-refractivity contribution in [3.8, 4) is 0 Å². The van der Waals surface area contributed by atoms with Crippen LogP contribution in [0.3, 0.4) is 0 Å². The molecule has 0 saturated carbocycles. The third-order valence-electron chi connectivity index (χ3n) is 0.173. The molecule has 0 atom stereocenters. The van der Waals surface area contributed by atoms with Gasteiger partial charge < -0.3 is 0 Å². The van der Waals surface area contributed by atoms with E-state index >= 15 is 0 Å². The van der Waals surface area contributed by atoms with Crippen LogP contribution in [0.25, 0.3) is 0 Å². The molecule has 0 aromatic heterocycles. The van der Waals surface area contributed by atoms with E-state index in [1.807, 2.05) is 0 Å². The zero-order chi connectivity index (χ0) is 6.62. The van der Waals surface area contributed by atoms with Crippen molar-refractivity contribution < 1.29 is 25.9 Å². The zero-order valence-electron chi connectivity index (χ0n) is 3.77. The highest BCUT2D eigenvalue weighted by Gasteiger charge is 2.24. The summed E-state index contributed by atoms with van der Waals surface area (Å²) >= 11 is -5.53. The second kappa shape index (κ2) is 3.13. The molecule has 0 heterocycles. The Morgan fingerprint density at radius 3 is 1.88 bits per heavy atom. The van der Waals surface area contributed by atoms with Gasteiger partial charge in [-0.2, -0.15) is 0 Å². The van der Waals surface area contributed by atoms with Crippen molar-refractivity contribution in [1.82, 2.24) is 0 Å². The lowest BCUT2D eigenvalue weighted by atomic mass is 11.8. The summed E-state index contributed by atoms with van der Waals surface area (Å²) in [5, 5.41) is 3.11. The van der Waals surface area contributed by atoms with Crippen molar-refractivity contribution in [2.45, 2.75) is 0 Å². The van der Waals surface area contributed by atoms with Gasteiger partial charge in [0.1, 0.15) is 0 Å². The van der Waals surface area contributed by atoms with E-state index in [0.717, 1.165) is 7.11 Å². The van der Waals surface area contributed by atoms with Crippen molar-refractivity contribution in [3.05, 3.63) is 0 Å². The molecule has 0 aliphatic carbocycles. The van der Waals surface area contributed by atoms with Gasteiger partial charge in [-0.15, -0.1) is 0 Å². The molecule has 7 heteroatoms. The van der Waals surface area contributed by atoms with Crippen LogP contribution in [0.15, 0.2) is 0 Å². The quantitative estimate of drug-likeness (QED) is 0.456. The second-order valence-corrected chi connectivity index (χ2v) is 1.53. The average molecular weight is 152 g/mol. The van der Waals surface area contributed by atoms with Crippen molar-refractivity contribution in [1.29, 1.82) is 0 Å². The van der Waals surface area contributed by atoms with Crippen LogP contribution < -0.4 is 0 Å². The smallest absolute Gasteiger partial charge is 0.208 e. The zero-order valence-corrected chi connectivity index (χ0v) is 4.58. The largest absolute Gasteiger partial charge is 0.370 e. The Kier molecular flexibility index (Phi) is 3.13. The van der Waals surface area contributed by atoms with E-state index in [-0.39, 0.29) is 0 Å². The van der Waals surface area contributed by atoms with Gasteiger partial charge in [0.05, 0.1) is 7.11 Å². The van der Waals surface area contributed by atoms with Gasteiger partial charge in [0.2, 0.25) is 0 Å². The predicted octanol–water partition coefficient (Wildman–Crippen LogP) is 1.87. The maximum atomic E-state index is 10.9. The Hall–Kier alpha value is 0.0200. The molecular weight excluding hydrogens is 149 g/mol. The first-order valence-corrected chi connectivity index (χ1v) is 2.63. The molecular formula is CH3F3O3S. The number of hydrogen-bond acceptors (Lipinski definition) is 3. The molecule has 52 valence electrons. The molecule has 0 rings (SSSR count). The van der Waals surface area contributed by atoms with Crippen LogP contribution in [-0.4, -0.2) is 7.11 Å². The topological polar surface area (TPSA) is 27.7 Å². The molecule has 0 aromatic carbocycles. The Morgan fingerprint density at radius 1 is 1.25 bits per heavy atom. The molecule has 0 aliphatic heterocycles. The fraction of sp³-hybridized carbons (Fsp3) is 1.00. The summed E-state index contributed by atoms with van der Waals surface area (Å²) in [6.07, 6.45) is 0. The average Bonchev–Trinajstić information content (AvgIpc) is 1.59. The first-order chi connectivity index (χ1) is 3.56. The molecule has 0 spiro atoms. The number of hydrogen-bond donors (Lipinski definition) is 0. The lowest BCUT2D eigenvalue weighted by Gasteiger charge is -2.03. The van der Waals surface area contributed by atoms with Crippen molar-refractivity contribution in [2.75, 3.05) is 7.11 Å². The predicted molar refractivity (Wildman–Crippen MR) is 20.1 cm³/mol. The van der Waals surface area contributed by atoms with E-state index < -0.39 is 11.5 Å². The Morgan fingerprint density at radius 2 is 1.75 bits per heavy atom. The van der Waals surface area contributed by atoms with E-state index in [1.54, 1.807) is 0 Å². The SMILES string of the molecule is COOOS(F)(F)F. The van der Waals surface area contributed by atoms with E-state index in [2.05, 4.69) is 14.3 Å². The maximum Gasteiger partial charge on any atom is 0.370 e. The summed E-state index contributed by atoms with van der Waals surface area (Å²) < 4.78 is 35.4. The second-order valence-electron chi connectivity index (χ2n) is 0.667. The van der Waals surface area contributed by atoms with Gasteiger partial charge in [-0.1, -0.05) is 21.0 Å². The van der Waals surface area contributed by atoms with Gasteiger partial charge >= 0.3 is 11.5 Å². The minimum atomic E-state index is -5.53. The fourth-order valence-corrected chi connectivity index (χ4v) is 0.178. The standard InChI is InChI=1S/CH3F3O3S/c1-5-6-7-8(2,3)4/h1H3. The first-order valence-electron chi connectivity index (χ1n) is 1.37. The molecule has 0 aliphatic rings. The van der Waals surface area contributed by atoms with Gasteiger partial charge in [0.25, 0.3) is 0 Å². The summed E-state index contributed by atoms with van der Waals surface area (Å²) in [7, 11) is 0.908. The Balaban J connectivity index is 3.11. The molecule has 0 N–H and O–H groups in total. The minimum absolute atomic E-state index is 0.908. The van der Waals surface area contributed by atoms with Crippen LogP contribution in [-0.2, 0) is 14.3 Å². The van der Waals surface area contributed by atoms with E-state index in [0.29, 0.717) is 0 Å². The van der Waals surface area contributed by atoms with Crippen LogP contribution in [0.1, 0.15) is 0 Å². The normalized spacial score (nSPS) is 14.0. The van der Waals surface area contributed by atoms with Crippen LogP contribution in [0, 0.1) is 0 Å². The molecule has 0 radical (unpaired) electrons. The van der Waals surface area contributed by atoms with Gasteiger partial charge in [-0.3, -0.25) is 0 Å². The number of rotatable bonds is 3. The van der Waals surface area contributed by atoms with Gasteiger partial charge in [-0.25, -0.2) is 4.89 Å². The lowest BCUT2D eigenvalue weighted by Crippen LogP contribution is -1.88. The third kappa shape index (κ3) is 6.02. The van der Waals surface area contributed by atoms with Crippen LogP contribution in [0.2, 0.25) is 0 Å². The number of halogens is 3. The molecule has 8 heavy (non-hydrogen) atoms. The van der Waals surface area contributed by atoms with Crippen LogP contribution >= 0.6 is 11.5 Å². The molecule has 0 fully saturated rings. The molecule has 0 amide bonds. The highest BCUT2D eigenvalue weighted by atomic mass is 32.4. The molecule has 0 aromatic rings. The lowest BCUT2D eigenvalue weighted by molar-refractivity contribution is -0.455. The molecule has 0 saturated heterocycles. The Bertz CT molecular complexity index is 62.0. The monoisotopic (exact) mass is 152 g/mol. The Labute approximate surface area is 45.6 Å². The summed E-state index contributed by atoms with van der Waals surface area (Å²) in [6.45, 7) is 0. The van der Waals surface area contributed by atoms with Gasteiger partial charge in [-0.05, 0) is 0 Å². The van der Waals surface area contributed by atoms with Crippen molar-refractivity contribution >= 4 is 11.5 Å². The summed E-state index contributed by atoms with van der Waals surface area (Å²) in [4.78, 5) is 3.50. The van der Waals surface area contributed by atoms with Gasteiger partial charge in [0.15, 0.2) is 0 Å². The molecule has 0 bridgehead atoms. The van der Waals surface area contributed by atoms with Gasteiger partial charge in [0, 0.05) is 0 Å². The maximum absolute atomic E-state index is 10.9. The van der Waals surface area contributed by atoms with Crippen molar-refractivity contribution in [3.63, 3.8) is 0 Å². The third-order valence-corrected chi connectivity index (χ3v) is 0.383. The first kappa shape index (κ1) is 8.02. The molecule has 0 unspecified atom stereocenters. The van der Waals surface area contributed by atoms with Crippen molar-refractivity contribution in [2.24, 2.45) is 0 Å².